The van der Waals surface area contributed by atoms with Gasteiger partial charge in [0.15, 0.2) is 10.8 Å². The molecule has 0 unspecified atom stereocenters. The number of esters is 1. The minimum Gasteiger partial charge on any atom is -0.468 e. The SMILES string of the molecule is COC(=O)[C@H](NCc1csc(-c2ncccn2)n1)c1ccccc1. The summed E-state index contributed by atoms with van der Waals surface area (Å²) in [6, 6.07) is 10.7. The van der Waals surface area contributed by atoms with E-state index in [4.69, 9.17) is 4.74 Å². The fourth-order valence-corrected chi connectivity index (χ4v) is 2.97. The van der Waals surface area contributed by atoms with E-state index in [1.807, 2.05) is 35.7 Å². The smallest absolute Gasteiger partial charge is 0.327 e. The second-order valence-electron chi connectivity index (χ2n) is 4.96. The maximum atomic E-state index is 12.0. The van der Waals surface area contributed by atoms with Gasteiger partial charge in [0.1, 0.15) is 6.04 Å². The van der Waals surface area contributed by atoms with Crippen molar-refractivity contribution in [2.75, 3.05) is 7.11 Å². The standard InChI is InChI=1S/C17H16N4O2S/c1-23-17(22)14(12-6-3-2-4-7-12)20-10-13-11-24-16(21-13)15-18-8-5-9-19-15/h2-9,11,14,20H,10H2,1H3/t14-/m1/s1. The molecule has 1 N–H and O–H groups in total. The third kappa shape index (κ3) is 3.81. The fourth-order valence-electron chi connectivity index (χ4n) is 2.21. The van der Waals surface area contributed by atoms with Crippen LogP contribution in [0.5, 0.6) is 0 Å². The zero-order valence-corrected chi connectivity index (χ0v) is 13.9. The van der Waals surface area contributed by atoms with Gasteiger partial charge in [-0.25, -0.2) is 19.7 Å². The molecule has 6 nitrogen and oxygen atoms in total. The van der Waals surface area contributed by atoms with E-state index in [0.717, 1.165) is 16.3 Å². The van der Waals surface area contributed by atoms with Crippen LogP contribution in [0.1, 0.15) is 17.3 Å². The number of hydrogen-bond donors (Lipinski definition) is 1. The first kappa shape index (κ1) is 16.2. The van der Waals surface area contributed by atoms with E-state index < -0.39 is 6.04 Å². The summed E-state index contributed by atoms with van der Waals surface area (Å²) in [4.78, 5) is 24.9. The van der Waals surface area contributed by atoms with Crippen molar-refractivity contribution < 1.29 is 9.53 Å². The van der Waals surface area contributed by atoms with Crippen LogP contribution in [0.3, 0.4) is 0 Å². The van der Waals surface area contributed by atoms with Crippen LogP contribution in [0.25, 0.3) is 10.8 Å². The van der Waals surface area contributed by atoms with Gasteiger partial charge < -0.3 is 4.74 Å². The van der Waals surface area contributed by atoms with Crippen LogP contribution in [0.2, 0.25) is 0 Å². The van der Waals surface area contributed by atoms with Crippen LogP contribution in [-0.4, -0.2) is 28.0 Å². The predicted molar refractivity (Wildman–Crippen MR) is 91.2 cm³/mol. The molecule has 0 aliphatic rings. The summed E-state index contributed by atoms with van der Waals surface area (Å²) >= 11 is 1.47. The first-order valence-corrected chi connectivity index (χ1v) is 8.24. The summed E-state index contributed by atoms with van der Waals surface area (Å²) < 4.78 is 4.89. The van der Waals surface area contributed by atoms with Gasteiger partial charge in [-0.05, 0) is 11.6 Å². The number of rotatable bonds is 6. The lowest BCUT2D eigenvalue weighted by atomic mass is 10.1. The average molecular weight is 340 g/mol. The number of methoxy groups -OCH3 is 1. The summed E-state index contributed by atoms with van der Waals surface area (Å²) in [5.41, 5.74) is 1.68. The molecule has 0 amide bonds. The van der Waals surface area contributed by atoms with E-state index in [0.29, 0.717) is 12.4 Å². The Labute approximate surface area is 143 Å². The lowest BCUT2D eigenvalue weighted by Gasteiger charge is -2.16. The van der Waals surface area contributed by atoms with Crippen molar-refractivity contribution >= 4 is 17.3 Å². The highest BCUT2D eigenvalue weighted by Gasteiger charge is 2.21. The van der Waals surface area contributed by atoms with Gasteiger partial charge in [-0.2, -0.15) is 0 Å². The van der Waals surface area contributed by atoms with Gasteiger partial charge in [-0.1, -0.05) is 30.3 Å². The van der Waals surface area contributed by atoms with Crippen molar-refractivity contribution in [3.8, 4) is 10.8 Å². The molecule has 0 aliphatic carbocycles. The Morgan fingerprint density at radius 2 is 1.96 bits per heavy atom. The molecule has 0 radical (unpaired) electrons. The van der Waals surface area contributed by atoms with Crippen LogP contribution in [0.15, 0.2) is 54.2 Å². The molecule has 2 aromatic heterocycles. The second kappa shape index (κ2) is 7.76. The van der Waals surface area contributed by atoms with E-state index in [1.54, 1.807) is 18.5 Å². The number of hydrogen-bond acceptors (Lipinski definition) is 7. The molecular formula is C17H16N4O2S. The Morgan fingerprint density at radius 3 is 2.67 bits per heavy atom. The number of thiazole rings is 1. The first-order valence-electron chi connectivity index (χ1n) is 7.36. The molecular weight excluding hydrogens is 324 g/mol. The zero-order valence-electron chi connectivity index (χ0n) is 13.0. The third-order valence-corrected chi connectivity index (χ3v) is 4.25. The van der Waals surface area contributed by atoms with Crippen LogP contribution in [0.4, 0.5) is 0 Å². The molecule has 2 heterocycles. The summed E-state index contributed by atoms with van der Waals surface area (Å²) in [5, 5.41) is 5.88. The number of nitrogens with zero attached hydrogens (tertiary/aromatic N) is 3. The fraction of sp³-hybridized carbons (Fsp3) is 0.176. The van der Waals surface area contributed by atoms with Gasteiger partial charge in [0.25, 0.3) is 0 Å². The Hall–Kier alpha value is -2.64. The van der Waals surface area contributed by atoms with Gasteiger partial charge in [-0.3, -0.25) is 5.32 Å². The maximum Gasteiger partial charge on any atom is 0.327 e. The van der Waals surface area contributed by atoms with Gasteiger partial charge >= 0.3 is 5.97 Å². The topological polar surface area (TPSA) is 77.0 Å². The minimum atomic E-state index is -0.533. The van der Waals surface area contributed by atoms with Crippen LogP contribution in [0, 0.1) is 0 Å². The van der Waals surface area contributed by atoms with E-state index in [-0.39, 0.29) is 5.97 Å². The molecule has 7 heteroatoms. The average Bonchev–Trinajstić information content (AvgIpc) is 3.12. The lowest BCUT2D eigenvalue weighted by Crippen LogP contribution is -2.29. The van der Waals surface area contributed by atoms with Crippen LogP contribution >= 0.6 is 11.3 Å². The van der Waals surface area contributed by atoms with E-state index in [2.05, 4.69) is 20.3 Å². The first-order chi connectivity index (χ1) is 11.8. The monoisotopic (exact) mass is 340 g/mol. The Balaban J connectivity index is 1.71. The third-order valence-electron chi connectivity index (χ3n) is 3.37. The molecule has 24 heavy (non-hydrogen) atoms. The molecule has 1 atom stereocenters. The van der Waals surface area contributed by atoms with Crippen molar-refractivity contribution in [3.05, 3.63) is 65.4 Å². The molecule has 3 rings (SSSR count). The highest BCUT2D eigenvalue weighted by molar-refractivity contribution is 7.13. The number of ether oxygens (including phenoxy) is 1. The van der Waals surface area contributed by atoms with Crippen molar-refractivity contribution in [2.45, 2.75) is 12.6 Å². The Morgan fingerprint density at radius 1 is 1.21 bits per heavy atom. The maximum absolute atomic E-state index is 12.0. The van der Waals surface area contributed by atoms with Gasteiger partial charge in [0.2, 0.25) is 0 Å². The van der Waals surface area contributed by atoms with E-state index in [9.17, 15) is 4.79 Å². The summed E-state index contributed by atoms with van der Waals surface area (Å²) in [6.07, 6.45) is 3.37. The zero-order chi connectivity index (χ0) is 16.8. The molecule has 0 aliphatic heterocycles. The van der Waals surface area contributed by atoms with Crippen molar-refractivity contribution in [3.63, 3.8) is 0 Å². The Bertz CT molecular complexity index is 793. The molecule has 0 bridgehead atoms. The molecule has 0 spiro atoms. The number of benzene rings is 1. The quantitative estimate of drug-likeness (QED) is 0.695. The van der Waals surface area contributed by atoms with Gasteiger partial charge in [-0.15, -0.1) is 11.3 Å². The summed E-state index contributed by atoms with van der Waals surface area (Å²) in [6.45, 7) is 0.442. The number of aromatic nitrogens is 3. The normalized spacial score (nSPS) is 11.9. The highest BCUT2D eigenvalue weighted by Crippen LogP contribution is 2.20. The van der Waals surface area contributed by atoms with Crippen molar-refractivity contribution in [1.29, 1.82) is 0 Å². The molecule has 0 saturated carbocycles. The van der Waals surface area contributed by atoms with Gasteiger partial charge in [0, 0.05) is 24.3 Å². The Kier molecular flexibility index (Phi) is 5.25. The number of carbonyl (C=O) groups excluding carboxylic acids is 1. The van der Waals surface area contributed by atoms with Gasteiger partial charge in [0.05, 0.1) is 12.8 Å². The lowest BCUT2D eigenvalue weighted by molar-refractivity contribution is -0.143. The molecule has 3 aromatic rings. The molecule has 122 valence electrons. The van der Waals surface area contributed by atoms with Crippen molar-refractivity contribution in [2.24, 2.45) is 0 Å². The minimum absolute atomic E-state index is 0.331. The summed E-state index contributed by atoms with van der Waals surface area (Å²) in [7, 11) is 1.38. The van der Waals surface area contributed by atoms with E-state index >= 15 is 0 Å². The summed E-state index contributed by atoms with van der Waals surface area (Å²) in [5.74, 6) is 0.268. The van der Waals surface area contributed by atoms with Crippen LogP contribution < -0.4 is 5.32 Å². The molecule has 0 fully saturated rings. The highest BCUT2D eigenvalue weighted by atomic mass is 32.1. The largest absolute Gasteiger partial charge is 0.468 e. The van der Waals surface area contributed by atoms with E-state index in [1.165, 1.54) is 18.4 Å². The molecule has 0 saturated heterocycles. The second-order valence-corrected chi connectivity index (χ2v) is 5.82. The predicted octanol–water partition coefficient (Wildman–Crippen LogP) is 2.60. The molecule has 1 aromatic carbocycles. The van der Waals surface area contributed by atoms with Crippen molar-refractivity contribution in [1.82, 2.24) is 20.3 Å². The van der Waals surface area contributed by atoms with Crippen LogP contribution in [-0.2, 0) is 16.1 Å². The number of carbonyl (C=O) groups is 1. The number of nitrogens with one attached hydrogen (secondary N) is 1.